The Kier molecular flexibility index (Phi) is 4.10. The Bertz CT molecular complexity index is 394. The SMILES string of the molecule is CC1CCCN(c2ccc(CO)cc2Br)C1C. The third kappa shape index (κ3) is 2.66. The average molecular weight is 298 g/mol. The van der Waals surface area contributed by atoms with E-state index < -0.39 is 0 Å². The number of piperidine rings is 1. The molecule has 1 aliphatic rings. The van der Waals surface area contributed by atoms with Crippen LogP contribution in [0.2, 0.25) is 0 Å². The number of aliphatic hydroxyl groups is 1. The van der Waals surface area contributed by atoms with E-state index in [4.69, 9.17) is 5.11 Å². The third-order valence-corrected chi connectivity index (χ3v) is 4.51. The van der Waals surface area contributed by atoms with Gasteiger partial charge in [0.05, 0.1) is 12.3 Å². The van der Waals surface area contributed by atoms with Crippen molar-refractivity contribution in [2.24, 2.45) is 5.92 Å². The van der Waals surface area contributed by atoms with E-state index in [1.807, 2.05) is 12.1 Å². The topological polar surface area (TPSA) is 23.5 Å². The Morgan fingerprint density at radius 2 is 2.18 bits per heavy atom. The number of benzene rings is 1. The summed E-state index contributed by atoms with van der Waals surface area (Å²) >= 11 is 3.62. The summed E-state index contributed by atoms with van der Waals surface area (Å²) < 4.78 is 1.09. The van der Waals surface area contributed by atoms with Gasteiger partial charge in [0.1, 0.15) is 0 Å². The molecule has 17 heavy (non-hydrogen) atoms. The third-order valence-electron chi connectivity index (χ3n) is 3.88. The Balaban J connectivity index is 2.27. The Morgan fingerprint density at radius 3 is 2.82 bits per heavy atom. The van der Waals surface area contributed by atoms with Crippen LogP contribution in [0.3, 0.4) is 0 Å². The molecule has 1 N–H and O–H groups in total. The summed E-state index contributed by atoms with van der Waals surface area (Å²) in [5, 5.41) is 9.12. The lowest BCUT2D eigenvalue weighted by atomic mass is 9.91. The maximum absolute atomic E-state index is 9.12. The maximum Gasteiger partial charge on any atom is 0.0682 e. The van der Waals surface area contributed by atoms with Crippen LogP contribution in [0, 0.1) is 5.92 Å². The van der Waals surface area contributed by atoms with Crippen LogP contribution in [0.4, 0.5) is 5.69 Å². The van der Waals surface area contributed by atoms with Gasteiger partial charge in [0.2, 0.25) is 0 Å². The van der Waals surface area contributed by atoms with Gasteiger partial charge in [0, 0.05) is 17.1 Å². The van der Waals surface area contributed by atoms with E-state index in [1.54, 1.807) is 0 Å². The van der Waals surface area contributed by atoms with Crippen LogP contribution in [0.25, 0.3) is 0 Å². The van der Waals surface area contributed by atoms with Gasteiger partial charge in [-0.3, -0.25) is 0 Å². The second-order valence-electron chi connectivity index (χ2n) is 5.00. The molecule has 0 spiro atoms. The van der Waals surface area contributed by atoms with Crippen LogP contribution in [-0.4, -0.2) is 17.7 Å². The summed E-state index contributed by atoms with van der Waals surface area (Å²) in [7, 11) is 0. The minimum absolute atomic E-state index is 0.102. The van der Waals surface area contributed by atoms with Gasteiger partial charge < -0.3 is 10.0 Å². The van der Waals surface area contributed by atoms with Crippen LogP contribution < -0.4 is 4.90 Å². The van der Waals surface area contributed by atoms with Gasteiger partial charge in [0.25, 0.3) is 0 Å². The fourth-order valence-corrected chi connectivity index (χ4v) is 3.21. The summed E-state index contributed by atoms with van der Waals surface area (Å²) in [6.07, 6.45) is 2.59. The maximum atomic E-state index is 9.12. The number of halogens is 1. The van der Waals surface area contributed by atoms with Crippen molar-refractivity contribution in [3.8, 4) is 0 Å². The molecule has 3 heteroatoms. The van der Waals surface area contributed by atoms with Crippen LogP contribution in [-0.2, 0) is 6.61 Å². The predicted octanol–water partition coefficient (Wildman–Crippen LogP) is 3.57. The Hall–Kier alpha value is -0.540. The number of aliphatic hydroxyl groups excluding tert-OH is 1. The lowest BCUT2D eigenvalue weighted by Gasteiger charge is -2.40. The number of rotatable bonds is 2. The van der Waals surface area contributed by atoms with Crippen molar-refractivity contribution in [3.63, 3.8) is 0 Å². The highest BCUT2D eigenvalue weighted by molar-refractivity contribution is 9.10. The quantitative estimate of drug-likeness (QED) is 0.902. The van der Waals surface area contributed by atoms with Gasteiger partial charge >= 0.3 is 0 Å². The van der Waals surface area contributed by atoms with Crippen LogP contribution in [0.15, 0.2) is 22.7 Å². The zero-order chi connectivity index (χ0) is 12.4. The molecule has 2 rings (SSSR count). The Morgan fingerprint density at radius 1 is 1.41 bits per heavy atom. The summed E-state index contributed by atoms with van der Waals surface area (Å²) in [6, 6.07) is 6.72. The van der Waals surface area contributed by atoms with E-state index in [-0.39, 0.29) is 6.61 Å². The zero-order valence-corrected chi connectivity index (χ0v) is 12.1. The molecule has 0 radical (unpaired) electrons. The first-order valence-electron chi connectivity index (χ1n) is 6.29. The van der Waals surface area contributed by atoms with E-state index in [9.17, 15) is 0 Å². The van der Waals surface area contributed by atoms with Crippen LogP contribution in [0.1, 0.15) is 32.3 Å². The van der Waals surface area contributed by atoms with Gasteiger partial charge in [0.15, 0.2) is 0 Å². The molecule has 1 aromatic carbocycles. The highest BCUT2D eigenvalue weighted by atomic mass is 79.9. The fraction of sp³-hybridized carbons (Fsp3) is 0.571. The van der Waals surface area contributed by atoms with Crippen molar-refractivity contribution >= 4 is 21.6 Å². The molecule has 2 nitrogen and oxygen atoms in total. The molecule has 1 heterocycles. The largest absolute Gasteiger partial charge is 0.392 e. The van der Waals surface area contributed by atoms with E-state index >= 15 is 0 Å². The lowest BCUT2D eigenvalue weighted by molar-refractivity contribution is 0.281. The molecule has 2 unspecified atom stereocenters. The average Bonchev–Trinajstić information content (AvgIpc) is 2.33. The monoisotopic (exact) mass is 297 g/mol. The summed E-state index contributed by atoms with van der Waals surface area (Å²) in [5.74, 6) is 0.744. The first kappa shape index (κ1) is 12.9. The molecule has 0 saturated carbocycles. The highest BCUT2D eigenvalue weighted by Gasteiger charge is 2.25. The summed E-state index contributed by atoms with van der Waals surface area (Å²) in [4.78, 5) is 2.47. The highest BCUT2D eigenvalue weighted by Crippen LogP contribution is 2.34. The van der Waals surface area contributed by atoms with Gasteiger partial charge in [-0.25, -0.2) is 0 Å². The second-order valence-corrected chi connectivity index (χ2v) is 5.85. The molecule has 0 bridgehead atoms. The lowest BCUT2D eigenvalue weighted by Crippen LogP contribution is -2.42. The molecule has 1 saturated heterocycles. The molecule has 94 valence electrons. The predicted molar refractivity (Wildman–Crippen MR) is 75.3 cm³/mol. The zero-order valence-electron chi connectivity index (χ0n) is 10.5. The van der Waals surface area contributed by atoms with Crippen molar-refractivity contribution in [2.75, 3.05) is 11.4 Å². The molecule has 1 fully saturated rings. The van der Waals surface area contributed by atoms with Crippen molar-refractivity contribution < 1.29 is 5.11 Å². The van der Waals surface area contributed by atoms with Crippen molar-refractivity contribution in [3.05, 3.63) is 28.2 Å². The molecule has 0 amide bonds. The first-order valence-corrected chi connectivity index (χ1v) is 7.08. The smallest absolute Gasteiger partial charge is 0.0682 e. The van der Waals surface area contributed by atoms with Crippen molar-refractivity contribution in [1.29, 1.82) is 0 Å². The first-order chi connectivity index (χ1) is 8.13. The molecule has 2 atom stereocenters. The van der Waals surface area contributed by atoms with E-state index in [0.717, 1.165) is 22.5 Å². The van der Waals surface area contributed by atoms with Crippen molar-refractivity contribution in [1.82, 2.24) is 0 Å². The van der Waals surface area contributed by atoms with Crippen LogP contribution in [0.5, 0.6) is 0 Å². The minimum atomic E-state index is 0.102. The molecule has 1 aliphatic heterocycles. The summed E-state index contributed by atoms with van der Waals surface area (Å²) in [5.41, 5.74) is 2.21. The van der Waals surface area contributed by atoms with Gasteiger partial charge in [-0.05, 0) is 59.3 Å². The van der Waals surface area contributed by atoms with Crippen molar-refractivity contribution in [2.45, 2.75) is 39.3 Å². The van der Waals surface area contributed by atoms with E-state index in [0.29, 0.717) is 6.04 Å². The number of nitrogens with zero attached hydrogens (tertiary/aromatic N) is 1. The molecule has 0 aliphatic carbocycles. The molecular weight excluding hydrogens is 278 g/mol. The number of hydrogen-bond acceptors (Lipinski definition) is 2. The van der Waals surface area contributed by atoms with Gasteiger partial charge in [-0.1, -0.05) is 13.0 Å². The normalized spacial score (nSPS) is 25.1. The fourth-order valence-electron chi connectivity index (χ4n) is 2.56. The van der Waals surface area contributed by atoms with Crippen LogP contribution >= 0.6 is 15.9 Å². The minimum Gasteiger partial charge on any atom is -0.392 e. The van der Waals surface area contributed by atoms with E-state index in [1.165, 1.54) is 18.5 Å². The second kappa shape index (κ2) is 5.40. The van der Waals surface area contributed by atoms with E-state index in [2.05, 4.69) is 40.7 Å². The number of hydrogen-bond donors (Lipinski definition) is 1. The molecule has 1 aromatic rings. The molecule has 0 aromatic heterocycles. The van der Waals surface area contributed by atoms with Gasteiger partial charge in [-0.15, -0.1) is 0 Å². The molecular formula is C14H20BrNO. The Labute approximate surface area is 112 Å². The van der Waals surface area contributed by atoms with Gasteiger partial charge in [-0.2, -0.15) is 0 Å². The standard InChI is InChI=1S/C14H20BrNO/c1-10-4-3-7-16(11(10)2)14-6-5-12(9-17)8-13(14)15/h5-6,8,10-11,17H,3-4,7,9H2,1-2H3. The number of anilines is 1. The summed E-state index contributed by atoms with van der Waals surface area (Å²) in [6.45, 7) is 5.86.